The van der Waals surface area contributed by atoms with E-state index in [0.29, 0.717) is 5.56 Å². The lowest BCUT2D eigenvalue weighted by Crippen LogP contribution is -2.35. The van der Waals surface area contributed by atoms with E-state index in [0.717, 1.165) is 0 Å². The number of aryl methyl sites for hydroxylation is 1. The molecule has 0 bridgehead atoms. The minimum absolute atomic E-state index is 0.0175. The summed E-state index contributed by atoms with van der Waals surface area (Å²) in [7, 11) is -2.33. The normalized spacial score (nSPS) is 11.2. The van der Waals surface area contributed by atoms with Crippen LogP contribution < -0.4 is 15.8 Å². The lowest BCUT2D eigenvalue weighted by Gasteiger charge is -2.10. The van der Waals surface area contributed by atoms with E-state index < -0.39 is 15.9 Å². The summed E-state index contributed by atoms with van der Waals surface area (Å²) in [5.41, 5.74) is 6.32. The first-order valence-electron chi connectivity index (χ1n) is 4.94. The van der Waals surface area contributed by atoms with Gasteiger partial charge in [-0.2, -0.15) is 0 Å². The van der Waals surface area contributed by atoms with Crippen LogP contribution in [-0.4, -0.2) is 27.9 Å². The summed E-state index contributed by atoms with van der Waals surface area (Å²) in [5.74, 6) is -0.416. The van der Waals surface area contributed by atoms with Gasteiger partial charge in [-0.05, 0) is 18.6 Å². The summed E-state index contributed by atoms with van der Waals surface area (Å²) in [6.45, 7) is 1.33. The monoisotopic (exact) mass is 257 g/mol. The van der Waals surface area contributed by atoms with E-state index in [-0.39, 0.29) is 17.1 Å². The number of hydrogen-bond acceptors (Lipinski definition) is 4. The Kier molecular flexibility index (Phi) is 4.08. The van der Waals surface area contributed by atoms with Crippen LogP contribution in [0.5, 0.6) is 0 Å². The zero-order valence-corrected chi connectivity index (χ0v) is 10.5. The van der Waals surface area contributed by atoms with Crippen molar-refractivity contribution in [3.63, 3.8) is 0 Å². The van der Waals surface area contributed by atoms with Crippen LogP contribution in [0.1, 0.15) is 5.56 Å². The zero-order valence-electron chi connectivity index (χ0n) is 9.65. The molecule has 0 radical (unpaired) electrons. The number of nitrogen functional groups attached to an aromatic ring is 1. The van der Waals surface area contributed by atoms with Gasteiger partial charge in [0.1, 0.15) is 4.90 Å². The molecular weight excluding hydrogens is 242 g/mol. The van der Waals surface area contributed by atoms with Gasteiger partial charge in [-0.15, -0.1) is 0 Å². The third kappa shape index (κ3) is 3.18. The second-order valence-corrected chi connectivity index (χ2v) is 5.19. The topological polar surface area (TPSA) is 101 Å². The second kappa shape index (κ2) is 5.15. The Morgan fingerprint density at radius 3 is 2.59 bits per heavy atom. The molecule has 0 spiro atoms. The SMILES string of the molecule is CNC(=O)CNS(=O)(=O)c1c(C)cccc1N. The van der Waals surface area contributed by atoms with Gasteiger partial charge in [0.15, 0.2) is 0 Å². The summed E-state index contributed by atoms with van der Waals surface area (Å²) in [4.78, 5) is 11.0. The molecule has 0 aliphatic rings. The maximum atomic E-state index is 11.9. The summed E-state index contributed by atoms with van der Waals surface area (Å²) in [6.07, 6.45) is 0. The Labute approximate surface area is 100 Å². The van der Waals surface area contributed by atoms with Crippen molar-refractivity contribution in [1.29, 1.82) is 0 Å². The first-order valence-corrected chi connectivity index (χ1v) is 6.42. The maximum Gasteiger partial charge on any atom is 0.243 e. The maximum absolute atomic E-state index is 11.9. The minimum atomic E-state index is -3.76. The Bertz CT molecular complexity index is 505. The average Bonchev–Trinajstić information content (AvgIpc) is 2.25. The van der Waals surface area contributed by atoms with Gasteiger partial charge in [-0.25, -0.2) is 13.1 Å². The van der Waals surface area contributed by atoms with Gasteiger partial charge in [0.05, 0.1) is 12.2 Å². The summed E-state index contributed by atoms with van der Waals surface area (Å²) in [6, 6.07) is 4.81. The molecule has 0 aliphatic heterocycles. The molecule has 0 aliphatic carbocycles. The molecule has 0 heterocycles. The fourth-order valence-corrected chi connectivity index (χ4v) is 2.70. The van der Waals surface area contributed by atoms with E-state index >= 15 is 0 Å². The fourth-order valence-electron chi connectivity index (χ4n) is 1.36. The molecular formula is C10H15N3O3S. The van der Waals surface area contributed by atoms with Gasteiger partial charge >= 0.3 is 0 Å². The Hall–Kier alpha value is -1.60. The van der Waals surface area contributed by atoms with E-state index in [4.69, 9.17) is 5.73 Å². The molecule has 4 N–H and O–H groups in total. The number of rotatable bonds is 4. The molecule has 1 rings (SSSR count). The number of nitrogens with two attached hydrogens (primary N) is 1. The number of hydrogen-bond donors (Lipinski definition) is 3. The third-order valence-corrected chi connectivity index (χ3v) is 3.83. The molecule has 0 fully saturated rings. The predicted molar refractivity (Wildman–Crippen MR) is 64.8 cm³/mol. The molecule has 1 amide bonds. The number of amides is 1. The standard InChI is InChI=1S/C10H15N3O3S/c1-7-4-3-5-8(11)10(7)17(15,16)13-6-9(14)12-2/h3-5,13H,6,11H2,1-2H3,(H,12,14). The second-order valence-electron chi connectivity index (χ2n) is 3.49. The molecule has 0 atom stereocenters. The number of carbonyl (C=O) groups excluding carboxylic acids is 1. The minimum Gasteiger partial charge on any atom is -0.398 e. The smallest absolute Gasteiger partial charge is 0.243 e. The molecule has 1 aromatic carbocycles. The molecule has 0 aromatic heterocycles. The van der Waals surface area contributed by atoms with Crippen LogP contribution in [0.15, 0.2) is 23.1 Å². The van der Waals surface area contributed by atoms with Gasteiger partial charge < -0.3 is 11.1 Å². The Morgan fingerprint density at radius 1 is 1.41 bits per heavy atom. The number of carbonyl (C=O) groups is 1. The highest BCUT2D eigenvalue weighted by molar-refractivity contribution is 7.89. The molecule has 17 heavy (non-hydrogen) atoms. The van der Waals surface area contributed by atoms with Crippen LogP contribution in [0.3, 0.4) is 0 Å². The molecule has 6 nitrogen and oxygen atoms in total. The van der Waals surface area contributed by atoms with E-state index in [1.54, 1.807) is 19.1 Å². The molecule has 7 heteroatoms. The highest BCUT2D eigenvalue weighted by Gasteiger charge is 2.20. The van der Waals surface area contributed by atoms with Crippen molar-refractivity contribution in [1.82, 2.24) is 10.0 Å². The Morgan fingerprint density at radius 2 is 2.06 bits per heavy atom. The average molecular weight is 257 g/mol. The van der Waals surface area contributed by atoms with Crippen molar-refractivity contribution in [2.24, 2.45) is 0 Å². The van der Waals surface area contributed by atoms with Crippen molar-refractivity contribution < 1.29 is 13.2 Å². The molecule has 0 saturated heterocycles. The van der Waals surface area contributed by atoms with Crippen LogP contribution in [0, 0.1) is 6.92 Å². The van der Waals surface area contributed by atoms with Crippen molar-refractivity contribution >= 4 is 21.6 Å². The van der Waals surface area contributed by atoms with E-state index in [1.807, 2.05) is 0 Å². The first-order chi connectivity index (χ1) is 7.88. The summed E-state index contributed by atoms with van der Waals surface area (Å²) >= 11 is 0. The highest BCUT2D eigenvalue weighted by atomic mass is 32.2. The Balaban J connectivity index is 3.02. The van der Waals surface area contributed by atoms with E-state index in [2.05, 4.69) is 10.0 Å². The van der Waals surface area contributed by atoms with E-state index in [1.165, 1.54) is 13.1 Å². The lowest BCUT2D eigenvalue weighted by atomic mass is 10.2. The van der Waals surface area contributed by atoms with Crippen molar-refractivity contribution in [3.05, 3.63) is 23.8 Å². The largest absolute Gasteiger partial charge is 0.398 e. The first kappa shape index (κ1) is 13.5. The summed E-state index contributed by atoms with van der Waals surface area (Å²) < 4.78 is 26.0. The van der Waals surface area contributed by atoms with Crippen molar-refractivity contribution in [2.75, 3.05) is 19.3 Å². The number of benzene rings is 1. The number of sulfonamides is 1. The van der Waals surface area contributed by atoms with Gasteiger partial charge in [-0.3, -0.25) is 4.79 Å². The van der Waals surface area contributed by atoms with E-state index in [9.17, 15) is 13.2 Å². The van der Waals surface area contributed by atoms with Crippen molar-refractivity contribution in [3.8, 4) is 0 Å². The van der Waals surface area contributed by atoms with Gasteiger partial charge in [0.25, 0.3) is 0 Å². The molecule has 1 aromatic rings. The third-order valence-electron chi connectivity index (χ3n) is 2.21. The van der Waals surface area contributed by atoms with Crippen molar-refractivity contribution in [2.45, 2.75) is 11.8 Å². The molecule has 94 valence electrons. The quantitative estimate of drug-likeness (QED) is 0.639. The van der Waals surface area contributed by atoms with Crippen LogP contribution in [0.25, 0.3) is 0 Å². The van der Waals surface area contributed by atoms with Gasteiger partial charge in [0, 0.05) is 7.05 Å². The lowest BCUT2D eigenvalue weighted by molar-refractivity contribution is -0.119. The van der Waals surface area contributed by atoms with Crippen LogP contribution >= 0.6 is 0 Å². The highest BCUT2D eigenvalue weighted by Crippen LogP contribution is 2.21. The molecule has 0 unspecified atom stereocenters. The van der Waals surface area contributed by atoms with Crippen LogP contribution in [0.4, 0.5) is 5.69 Å². The number of likely N-dealkylation sites (N-methyl/N-ethyl adjacent to an activating group) is 1. The number of anilines is 1. The number of nitrogens with one attached hydrogen (secondary N) is 2. The fraction of sp³-hybridized carbons (Fsp3) is 0.300. The molecule has 0 saturated carbocycles. The van der Waals surface area contributed by atoms with Gasteiger partial charge in [0.2, 0.25) is 15.9 Å². The van der Waals surface area contributed by atoms with Crippen LogP contribution in [0.2, 0.25) is 0 Å². The van der Waals surface area contributed by atoms with Gasteiger partial charge in [-0.1, -0.05) is 12.1 Å². The zero-order chi connectivity index (χ0) is 13.1. The summed E-state index contributed by atoms with van der Waals surface area (Å²) in [5, 5.41) is 2.32. The van der Waals surface area contributed by atoms with Crippen LogP contribution in [-0.2, 0) is 14.8 Å². The predicted octanol–water partition coefficient (Wildman–Crippen LogP) is -0.398.